The normalized spacial score (nSPS) is 14.5. The molecule has 2 rings (SSSR count). The van der Waals surface area contributed by atoms with Crippen molar-refractivity contribution in [2.45, 2.75) is 6.42 Å². The van der Waals surface area contributed by atoms with Gasteiger partial charge in [0.15, 0.2) is 0 Å². The molecule has 0 N–H and O–H groups in total. The molecular formula is C11H9Br2NO2. The van der Waals surface area contributed by atoms with Crippen LogP contribution in [0.25, 0.3) is 0 Å². The van der Waals surface area contributed by atoms with Crippen LogP contribution in [0.5, 0.6) is 0 Å². The SMILES string of the molecule is O=C1C(=O)N(CCCBr)c2c(Br)cccc21. The number of amides is 1. The first-order valence-electron chi connectivity index (χ1n) is 4.87. The fourth-order valence-corrected chi connectivity index (χ4v) is 2.57. The lowest BCUT2D eigenvalue weighted by Gasteiger charge is -2.16. The van der Waals surface area contributed by atoms with Crippen molar-refractivity contribution < 1.29 is 9.59 Å². The van der Waals surface area contributed by atoms with Gasteiger partial charge in [-0.2, -0.15) is 0 Å². The number of carbonyl (C=O) groups is 2. The van der Waals surface area contributed by atoms with E-state index < -0.39 is 11.7 Å². The zero-order valence-corrected chi connectivity index (χ0v) is 11.5. The summed E-state index contributed by atoms with van der Waals surface area (Å²) < 4.78 is 0.791. The number of hydrogen-bond acceptors (Lipinski definition) is 2. The Balaban J connectivity index is 2.43. The van der Waals surface area contributed by atoms with E-state index in [1.54, 1.807) is 17.0 Å². The predicted octanol–water partition coefficient (Wildman–Crippen LogP) is 2.76. The molecule has 1 aliphatic heterocycles. The van der Waals surface area contributed by atoms with Crippen LogP contribution in [0, 0.1) is 0 Å². The van der Waals surface area contributed by atoms with Gasteiger partial charge < -0.3 is 4.90 Å². The molecule has 0 saturated heterocycles. The molecule has 0 spiro atoms. The van der Waals surface area contributed by atoms with Gasteiger partial charge in [0.05, 0.1) is 11.3 Å². The largest absolute Gasteiger partial charge is 0.304 e. The van der Waals surface area contributed by atoms with Crippen LogP contribution < -0.4 is 4.90 Å². The van der Waals surface area contributed by atoms with Crippen LogP contribution >= 0.6 is 31.9 Å². The molecule has 0 atom stereocenters. The topological polar surface area (TPSA) is 37.4 Å². The van der Waals surface area contributed by atoms with Gasteiger partial charge in [0.2, 0.25) is 0 Å². The standard InChI is InChI=1S/C11H9Br2NO2/c12-5-2-6-14-9-7(10(15)11(14)16)3-1-4-8(9)13/h1,3-4H,2,5-6H2. The summed E-state index contributed by atoms with van der Waals surface area (Å²) in [6.07, 6.45) is 0.819. The summed E-state index contributed by atoms with van der Waals surface area (Å²) in [5.74, 6) is -0.839. The van der Waals surface area contributed by atoms with Gasteiger partial charge >= 0.3 is 0 Å². The average Bonchev–Trinajstić information content (AvgIpc) is 2.52. The zero-order valence-electron chi connectivity index (χ0n) is 8.37. The molecule has 0 fully saturated rings. The molecule has 0 aliphatic carbocycles. The van der Waals surface area contributed by atoms with Gasteiger partial charge in [0.25, 0.3) is 11.7 Å². The van der Waals surface area contributed by atoms with Gasteiger partial charge in [0, 0.05) is 16.3 Å². The molecule has 84 valence electrons. The molecule has 1 amide bonds. The van der Waals surface area contributed by atoms with Crippen molar-refractivity contribution >= 4 is 49.2 Å². The Bertz CT molecular complexity index is 459. The van der Waals surface area contributed by atoms with Crippen molar-refractivity contribution in [2.75, 3.05) is 16.8 Å². The van der Waals surface area contributed by atoms with E-state index in [2.05, 4.69) is 31.9 Å². The zero-order chi connectivity index (χ0) is 11.7. The van der Waals surface area contributed by atoms with Crippen molar-refractivity contribution in [3.05, 3.63) is 28.2 Å². The molecule has 5 heteroatoms. The number of anilines is 1. The summed E-state index contributed by atoms with van der Waals surface area (Å²) >= 11 is 6.69. The molecule has 3 nitrogen and oxygen atoms in total. The third-order valence-corrected chi connectivity index (χ3v) is 3.66. The Morgan fingerprint density at radius 2 is 2.00 bits per heavy atom. The van der Waals surface area contributed by atoms with Crippen LogP contribution in [-0.4, -0.2) is 23.6 Å². The van der Waals surface area contributed by atoms with Crippen LogP contribution in [0.2, 0.25) is 0 Å². The minimum Gasteiger partial charge on any atom is -0.304 e. The highest BCUT2D eigenvalue weighted by Gasteiger charge is 2.36. The highest BCUT2D eigenvalue weighted by Crippen LogP contribution is 2.35. The van der Waals surface area contributed by atoms with Gasteiger partial charge in [-0.05, 0) is 34.5 Å². The summed E-state index contributed by atoms with van der Waals surface area (Å²) in [6, 6.07) is 5.29. The first-order valence-corrected chi connectivity index (χ1v) is 6.79. The van der Waals surface area contributed by atoms with Gasteiger partial charge in [-0.15, -0.1) is 0 Å². The molecule has 0 aromatic heterocycles. The second-order valence-electron chi connectivity index (χ2n) is 3.46. The lowest BCUT2D eigenvalue weighted by Crippen LogP contribution is -2.31. The van der Waals surface area contributed by atoms with Gasteiger partial charge in [-0.3, -0.25) is 9.59 Å². The Morgan fingerprint density at radius 3 is 2.69 bits per heavy atom. The maximum absolute atomic E-state index is 11.8. The summed E-state index contributed by atoms with van der Waals surface area (Å²) in [7, 11) is 0. The number of carbonyl (C=O) groups excluding carboxylic acids is 2. The summed E-state index contributed by atoms with van der Waals surface area (Å²) in [4.78, 5) is 25.0. The highest BCUT2D eigenvalue weighted by atomic mass is 79.9. The van der Waals surface area contributed by atoms with Crippen molar-refractivity contribution in [1.29, 1.82) is 0 Å². The summed E-state index contributed by atoms with van der Waals surface area (Å²) in [5.41, 5.74) is 1.20. The van der Waals surface area contributed by atoms with Crippen LogP contribution in [0.15, 0.2) is 22.7 Å². The Morgan fingerprint density at radius 1 is 1.25 bits per heavy atom. The minimum atomic E-state index is -0.428. The third kappa shape index (κ3) is 1.82. The number of rotatable bonds is 3. The minimum absolute atomic E-state index is 0.411. The highest BCUT2D eigenvalue weighted by molar-refractivity contribution is 9.10. The number of fused-ring (bicyclic) bond motifs is 1. The van der Waals surface area contributed by atoms with E-state index in [0.717, 1.165) is 16.2 Å². The van der Waals surface area contributed by atoms with E-state index in [0.29, 0.717) is 17.8 Å². The van der Waals surface area contributed by atoms with Crippen LogP contribution in [0.3, 0.4) is 0 Å². The van der Waals surface area contributed by atoms with Gasteiger partial charge in [0.1, 0.15) is 0 Å². The fraction of sp³-hybridized carbons (Fsp3) is 0.273. The van der Waals surface area contributed by atoms with Crippen LogP contribution in [0.1, 0.15) is 16.8 Å². The number of para-hydroxylation sites is 1. The lowest BCUT2D eigenvalue weighted by molar-refractivity contribution is -0.114. The number of nitrogens with zero attached hydrogens (tertiary/aromatic N) is 1. The molecule has 0 radical (unpaired) electrons. The smallest absolute Gasteiger partial charge is 0.299 e. The first-order chi connectivity index (χ1) is 7.66. The molecule has 1 heterocycles. The Labute approximate surface area is 110 Å². The van der Waals surface area contributed by atoms with Crippen LogP contribution in [-0.2, 0) is 4.79 Å². The fourth-order valence-electron chi connectivity index (χ4n) is 1.74. The van der Waals surface area contributed by atoms with E-state index in [9.17, 15) is 9.59 Å². The maximum Gasteiger partial charge on any atom is 0.299 e. The van der Waals surface area contributed by atoms with Crippen LogP contribution in [0.4, 0.5) is 5.69 Å². The number of alkyl halides is 1. The quantitative estimate of drug-likeness (QED) is 0.623. The van der Waals surface area contributed by atoms with E-state index >= 15 is 0 Å². The Hall–Kier alpha value is -0.680. The van der Waals surface area contributed by atoms with Gasteiger partial charge in [-0.25, -0.2) is 0 Å². The second-order valence-corrected chi connectivity index (χ2v) is 5.11. The van der Waals surface area contributed by atoms with E-state index in [1.807, 2.05) is 6.07 Å². The predicted molar refractivity (Wildman–Crippen MR) is 69.2 cm³/mol. The molecule has 1 aromatic carbocycles. The second kappa shape index (κ2) is 4.67. The van der Waals surface area contributed by atoms with Crippen molar-refractivity contribution in [3.8, 4) is 0 Å². The number of benzene rings is 1. The monoisotopic (exact) mass is 345 g/mol. The lowest BCUT2D eigenvalue weighted by atomic mass is 10.1. The molecule has 1 aliphatic rings. The third-order valence-electron chi connectivity index (χ3n) is 2.46. The molecule has 0 saturated carbocycles. The average molecular weight is 347 g/mol. The molecule has 1 aromatic rings. The van der Waals surface area contributed by atoms with E-state index in [-0.39, 0.29) is 0 Å². The molecule has 0 unspecified atom stereocenters. The maximum atomic E-state index is 11.8. The summed E-state index contributed by atoms with van der Waals surface area (Å²) in [5, 5.41) is 0.810. The first kappa shape index (κ1) is 11.8. The number of halogens is 2. The van der Waals surface area contributed by atoms with Crippen molar-refractivity contribution in [1.82, 2.24) is 0 Å². The number of hydrogen-bond donors (Lipinski definition) is 0. The number of ketones is 1. The summed E-state index contributed by atoms with van der Waals surface area (Å²) in [6.45, 7) is 0.561. The van der Waals surface area contributed by atoms with Gasteiger partial charge in [-0.1, -0.05) is 22.0 Å². The molecular weight excluding hydrogens is 338 g/mol. The Kier molecular flexibility index (Phi) is 3.44. The van der Waals surface area contributed by atoms with Crippen molar-refractivity contribution in [3.63, 3.8) is 0 Å². The molecule has 0 bridgehead atoms. The van der Waals surface area contributed by atoms with Crippen molar-refractivity contribution in [2.24, 2.45) is 0 Å². The number of Topliss-reactive ketones (excluding diaryl/α,β-unsaturated/α-hetero) is 1. The van der Waals surface area contributed by atoms with E-state index in [1.165, 1.54) is 0 Å². The van der Waals surface area contributed by atoms with E-state index in [4.69, 9.17) is 0 Å². The molecule has 16 heavy (non-hydrogen) atoms.